The number of imidazole rings is 1. The van der Waals surface area contributed by atoms with E-state index in [0.29, 0.717) is 19.0 Å². The zero-order valence-electron chi connectivity index (χ0n) is 14.6. The maximum absolute atomic E-state index is 5.83. The molecule has 0 fully saturated rings. The lowest BCUT2D eigenvalue weighted by Gasteiger charge is -2.14. The fourth-order valence-electron chi connectivity index (χ4n) is 2.56. The monoisotopic (exact) mass is 404 g/mol. The number of H-pyrrole nitrogens is 1. The molecule has 0 unspecified atom stereocenters. The molecule has 0 atom stereocenters. The standard InChI is InChI=1S/C19H21BrN2O3/c1-4-8-25-18-14(20)9-12(10-17(18)24-5-2)19-21-15-7-6-13(23-3)11-16(15)22-19/h6-7,9-11H,4-5,8H2,1-3H3,(H,21,22). The number of nitrogens with zero attached hydrogens (tertiary/aromatic N) is 1. The van der Waals surface area contributed by atoms with Gasteiger partial charge in [0, 0.05) is 11.6 Å². The van der Waals surface area contributed by atoms with Crippen LogP contribution in [0.1, 0.15) is 20.3 Å². The van der Waals surface area contributed by atoms with E-state index in [2.05, 4.69) is 32.8 Å². The molecule has 2 aromatic carbocycles. The molecule has 3 aromatic rings. The van der Waals surface area contributed by atoms with Crippen molar-refractivity contribution < 1.29 is 14.2 Å². The Morgan fingerprint density at radius 1 is 1.12 bits per heavy atom. The van der Waals surface area contributed by atoms with Crippen LogP contribution in [-0.4, -0.2) is 30.3 Å². The molecule has 0 saturated heterocycles. The van der Waals surface area contributed by atoms with E-state index in [0.717, 1.165) is 44.8 Å². The molecule has 6 heteroatoms. The van der Waals surface area contributed by atoms with E-state index in [1.165, 1.54) is 0 Å². The van der Waals surface area contributed by atoms with Crippen LogP contribution < -0.4 is 14.2 Å². The summed E-state index contributed by atoms with van der Waals surface area (Å²) in [4.78, 5) is 8.00. The SMILES string of the molecule is CCCOc1c(Br)cc(-c2nc3ccc(OC)cc3[nH]2)cc1OCC. The summed E-state index contributed by atoms with van der Waals surface area (Å²) in [6, 6.07) is 9.71. The van der Waals surface area contributed by atoms with Crippen molar-refractivity contribution in [3.05, 3.63) is 34.8 Å². The Morgan fingerprint density at radius 3 is 2.68 bits per heavy atom. The molecule has 3 rings (SSSR count). The summed E-state index contributed by atoms with van der Waals surface area (Å²) in [5.41, 5.74) is 2.74. The van der Waals surface area contributed by atoms with Crippen LogP contribution in [0.25, 0.3) is 22.4 Å². The molecule has 0 aliphatic carbocycles. The van der Waals surface area contributed by atoms with Gasteiger partial charge in [-0.1, -0.05) is 6.92 Å². The van der Waals surface area contributed by atoms with Gasteiger partial charge in [-0.15, -0.1) is 0 Å². The normalized spacial score (nSPS) is 10.9. The number of aromatic amines is 1. The molecule has 5 nitrogen and oxygen atoms in total. The number of ether oxygens (including phenoxy) is 3. The first kappa shape index (κ1) is 17.6. The third-order valence-electron chi connectivity index (χ3n) is 3.72. The first-order valence-corrected chi connectivity index (χ1v) is 9.08. The van der Waals surface area contributed by atoms with E-state index < -0.39 is 0 Å². The number of methoxy groups -OCH3 is 1. The molecule has 0 spiro atoms. The average molecular weight is 405 g/mol. The van der Waals surface area contributed by atoms with Crippen molar-refractivity contribution in [2.24, 2.45) is 0 Å². The molecule has 0 saturated carbocycles. The van der Waals surface area contributed by atoms with E-state index in [4.69, 9.17) is 14.2 Å². The average Bonchev–Trinajstić information content (AvgIpc) is 3.04. The van der Waals surface area contributed by atoms with Crippen molar-refractivity contribution in [1.29, 1.82) is 0 Å². The lowest BCUT2D eigenvalue weighted by atomic mass is 10.2. The van der Waals surface area contributed by atoms with Gasteiger partial charge in [0.25, 0.3) is 0 Å². The predicted octanol–water partition coefficient (Wildman–Crippen LogP) is 5.19. The minimum atomic E-state index is 0.565. The van der Waals surface area contributed by atoms with Crippen molar-refractivity contribution in [2.45, 2.75) is 20.3 Å². The summed E-state index contributed by atoms with van der Waals surface area (Å²) < 4.78 is 17.7. The molecule has 132 valence electrons. The van der Waals surface area contributed by atoms with Crippen LogP contribution >= 0.6 is 15.9 Å². The molecule has 1 N–H and O–H groups in total. The first-order chi connectivity index (χ1) is 12.2. The summed E-state index contributed by atoms with van der Waals surface area (Å²) in [7, 11) is 1.65. The Balaban J connectivity index is 2.04. The highest BCUT2D eigenvalue weighted by Gasteiger charge is 2.15. The molecule has 25 heavy (non-hydrogen) atoms. The van der Waals surface area contributed by atoms with E-state index in [1.54, 1.807) is 7.11 Å². The predicted molar refractivity (Wildman–Crippen MR) is 103 cm³/mol. The van der Waals surface area contributed by atoms with Crippen LogP contribution in [0, 0.1) is 0 Å². The zero-order chi connectivity index (χ0) is 17.8. The third-order valence-corrected chi connectivity index (χ3v) is 4.31. The zero-order valence-corrected chi connectivity index (χ0v) is 16.1. The Bertz CT molecular complexity index is 876. The van der Waals surface area contributed by atoms with Crippen LogP contribution in [0.5, 0.6) is 17.2 Å². The highest BCUT2D eigenvalue weighted by Crippen LogP contribution is 2.39. The molecule has 0 aliphatic heterocycles. The van der Waals surface area contributed by atoms with Gasteiger partial charge < -0.3 is 19.2 Å². The van der Waals surface area contributed by atoms with E-state index >= 15 is 0 Å². The molecule has 0 aliphatic rings. The highest BCUT2D eigenvalue weighted by molar-refractivity contribution is 9.10. The number of nitrogens with one attached hydrogen (secondary N) is 1. The lowest BCUT2D eigenvalue weighted by molar-refractivity contribution is 0.275. The maximum atomic E-state index is 5.83. The van der Waals surface area contributed by atoms with Gasteiger partial charge in [0.2, 0.25) is 0 Å². The van der Waals surface area contributed by atoms with Gasteiger partial charge in [0.15, 0.2) is 11.5 Å². The smallest absolute Gasteiger partial charge is 0.175 e. The second-order valence-electron chi connectivity index (χ2n) is 5.54. The summed E-state index contributed by atoms with van der Waals surface area (Å²) in [6.45, 7) is 5.24. The second kappa shape index (κ2) is 7.78. The molecule has 1 heterocycles. The summed E-state index contributed by atoms with van der Waals surface area (Å²) in [6.07, 6.45) is 0.936. The van der Waals surface area contributed by atoms with Crippen LogP contribution in [0.4, 0.5) is 0 Å². The fourth-order valence-corrected chi connectivity index (χ4v) is 3.12. The minimum absolute atomic E-state index is 0.565. The summed E-state index contributed by atoms with van der Waals surface area (Å²) in [5.74, 6) is 3.00. The molecule has 0 radical (unpaired) electrons. The van der Waals surface area contributed by atoms with Crippen LogP contribution in [-0.2, 0) is 0 Å². The van der Waals surface area contributed by atoms with Gasteiger partial charge in [-0.3, -0.25) is 0 Å². The van der Waals surface area contributed by atoms with Gasteiger partial charge >= 0.3 is 0 Å². The van der Waals surface area contributed by atoms with Gasteiger partial charge in [-0.05, 0) is 53.5 Å². The van der Waals surface area contributed by atoms with Crippen molar-refractivity contribution in [3.8, 4) is 28.6 Å². The van der Waals surface area contributed by atoms with Gasteiger partial charge in [-0.25, -0.2) is 4.98 Å². The summed E-state index contributed by atoms with van der Waals surface area (Å²) in [5, 5.41) is 0. The van der Waals surface area contributed by atoms with Crippen LogP contribution in [0.15, 0.2) is 34.8 Å². The molecule has 0 bridgehead atoms. The van der Waals surface area contributed by atoms with Crippen LogP contribution in [0.3, 0.4) is 0 Å². The highest BCUT2D eigenvalue weighted by atomic mass is 79.9. The topological polar surface area (TPSA) is 56.4 Å². The van der Waals surface area contributed by atoms with Crippen molar-refractivity contribution in [2.75, 3.05) is 20.3 Å². The number of benzene rings is 2. The number of fused-ring (bicyclic) bond motifs is 1. The summed E-state index contributed by atoms with van der Waals surface area (Å²) >= 11 is 3.60. The Morgan fingerprint density at radius 2 is 1.96 bits per heavy atom. The van der Waals surface area contributed by atoms with E-state index in [1.807, 2.05) is 37.3 Å². The Labute approximate surface area is 155 Å². The van der Waals surface area contributed by atoms with E-state index in [-0.39, 0.29) is 0 Å². The Kier molecular flexibility index (Phi) is 5.48. The Hall–Kier alpha value is -2.21. The molecule has 0 amide bonds. The van der Waals surface area contributed by atoms with Gasteiger partial charge in [0.05, 0.1) is 35.8 Å². The number of hydrogen-bond acceptors (Lipinski definition) is 4. The first-order valence-electron chi connectivity index (χ1n) is 8.29. The number of halogens is 1. The third kappa shape index (κ3) is 3.74. The van der Waals surface area contributed by atoms with Crippen LogP contribution in [0.2, 0.25) is 0 Å². The number of hydrogen-bond donors (Lipinski definition) is 1. The van der Waals surface area contributed by atoms with Crippen molar-refractivity contribution >= 4 is 27.0 Å². The molecular formula is C19H21BrN2O3. The quantitative estimate of drug-likeness (QED) is 0.588. The second-order valence-corrected chi connectivity index (χ2v) is 6.39. The fraction of sp³-hybridized carbons (Fsp3) is 0.316. The van der Waals surface area contributed by atoms with Crippen molar-refractivity contribution in [1.82, 2.24) is 9.97 Å². The number of rotatable bonds is 7. The largest absolute Gasteiger partial charge is 0.497 e. The molecular weight excluding hydrogens is 384 g/mol. The number of aromatic nitrogens is 2. The minimum Gasteiger partial charge on any atom is -0.497 e. The molecule has 1 aromatic heterocycles. The van der Waals surface area contributed by atoms with E-state index in [9.17, 15) is 0 Å². The van der Waals surface area contributed by atoms with Gasteiger partial charge in [-0.2, -0.15) is 0 Å². The lowest BCUT2D eigenvalue weighted by Crippen LogP contribution is -2.01. The van der Waals surface area contributed by atoms with Gasteiger partial charge in [0.1, 0.15) is 11.6 Å². The maximum Gasteiger partial charge on any atom is 0.175 e. The van der Waals surface area contributed by atoms with Crippen molar-refractivity contribution in [3.63, 3.8) is 0 Å².